The lowest BCUT2D eigenvalue weighted by Crippen LogP contribution is -1.94. The van der Waals surface area contributed by atoms with Crippen molar-refractivity contribution in [1.82, 2.24) is 0 Å². The standard InChI is InChI=1S/C14H10F2O3/c1-8-4-10(15)14(11(16)5-8)19-9-2-3-12-13(6-9)18-7-17-12/h2-6H,7H2,1H3. The third-order valence-electron chi connectivity index (χ3n) is 2.71. The van der Waals surface area contributed by atoms with Crippen molar-refractivity contribution in [3.8, 4) is 23.0 Å². The van der Waals surface area contributed by atoms with Gasteiger partial charge in [-0.1, -0.05) is 0 Å². The van der Waals surface area contributed by atoms with Crippen LogP contribution in [0.3, 0.4) is 0 Å². The number of benzene rings is 2. The molecule has 19 heavy (non-hydrogen) atoms. The fraction of sp³-hybridized carbons (Fsp3) is 0.143. The zero-order valence-corrected chi connectivity index (χ0v) is 10.1. The largest absolute Gasteiger partial charge is 0.454 e. The van der Waals surface area contributed by atoms with Crippen LogP contribution in [-0.4, -0.2) is 6.79 Å². The molecule has 98 valence electrons. The van der Waals surface area contributed by atoms with Gasteiger partial charge in [-0.15, -0.1) is 0 Å². The van der Waals surface area contributed by atoms with E-state index >= 15 is 0 Å². The molecule has 1 aliphatic heterocycles. The molecular formula is C14H10F2O3. The van der Waals surface area contributed by atoms with Gasteiger partial charge in [0, 0.05) is 6.07 Å². The molecule has 2 aromatic carbocycles. The van der Waals surface area contributed by atoms with Crippen molar-refractivity contribution in [3.05, 3.63) is 47.5 Å². The van der Waals surface area contributed by atoms with E-state index in [0.717, 1.165) is 0 Å². The molecule has 0 aliphatic carbocycles. The van der Waals surface area contributed by atoms with Gasteiger partial charge in [0.15, 0.2) is 28.9 Å². The molecule has 3 nitrogen and oxygen atoms in total. The second kappa shape index (κ2) is 4.42. The van der Waals surface area contributed by atoms with E-state index in [1.807, 2.05) is 0 Å². The molecule has 1 heterocycles. The van der Waals surface area contributed by atoms with Gasteiger partial charge in [0.1, 0.15) is 5.75 Å². The predicted octanol–water partition coefficient (Wildman–Crippen LogP) is 3.79. The normalized spacial score (nSPS) is 12.6. The average Bonchev–Trinajstić information content (AvgIpc) is 2.81. The van der Waals surface area contributed by atoms with Crippen LogP contribution in [-0.2, 0) is 0 Å². The first-order valence-corrected chi connectivity index (χ1v) is 5.66. The summed E-state index contributed by atoms with van der Waals surface area (Å²) < 4.78 is 42.8. The number of ether oxygens (including phenoxy) is 3. The van der Waals surface area contributed by atoms with Crippen LogP contribution in [0, 0.1) is 18.6 Å². The van der Waals surface area contributed by atoms with E-state index in [2.05, 4.69) is 0 Å². The van der Waals surface area contributed by atoms with Gasteiger partial charge in [0.2, 0.25) is 6.79 Å². The average molecular weight is 264 g/mol. The number of hydrogen-bond donors (Lipinski definition) is 0. The molecule has 0 unspecified atom stereocenters. The van der Waals surface area contributed by atoms with E-state index in [1.165, 1.54) is 18.2 Å². The maximum Gasteiger partial charge on any atom is 0.231 e. The van der Waals surface area contributed by atoms with Gasteiger partial charge in [-0.25, -0.2) is 8.78 Å². The Hall–Kier alpha value is -2.30. The second-order valence-corrected chi connectivity index (χ2v) is 4.17. The highest BCUT2D eigenvalue weighted by Gasteiger charge is 2.17. The van der Waals surface area contributed by atoms with E-state index < -0.39 is 17.4 Å². The molecule has 0 saturated heterocycles. The minimum absolute atomic E-state index is 0.131. The maximum absolute atomic E-state index is 13.7. The summed E-state index contributed by atoms with van der Waals surface area (Å²) in [5.41, 5.74) is 0.494. The van der Waals surface area contributed by atoms with Gasteiger partial charge in [0.05, 0.1) is 0 Å². The van der Waals surface area contributed by atoms with Gasteiger partial charge in [-0.3, -0.25) is 0 Å². The Morgan fingerprint density at radius 1 is 1.00 bits per heavy atom. The van der Waals surface area contributed by atoms with E-state index in [4.69, 9.17) is 14.2 Å². The third kappa shape index (κ3) is 2.19. The molecule has 0 fully saturated rings. The summed E-state index contributed by atoms with van der Waals surface area (Å²) in [6, 6.07) is 7.14. The van der Waals surface area contributed by atoms with Crippen molar-refractivity contribution in [2.75, 3.05) is 6.79 Å². The van der Waals surface area contributed by atoms with Gasteiger partial charge in [0.25, 0.3) is 0 Å². The van der Waals surface area contributed by atoms with Crippen LogP contribution in [0.5, 0.6) is 23.0 Å². The lowest BCUT2D eigenvalue weighted by atomic mass is 10.2. The van der Waals surface area contributed by atoms with Gasteiger partial charge in [-0.2, -0.15) is 0 Å². The zero-order chi connectivity index (χ0) is 13.4. The topological polar surface area (TPSA) is 27.7 Å². The summed E-state index contributed by atoms with van der Waals surface area (Å²) in [4.78, 5) is 0. The fourth-order valence-corrected chi connectivity index (χ4v) is 1.84. The zero-order valence-electron chi connectivity index (χ0n) is 10.1. The molecule has 0 spiro atoms. The quantitative estimate of drug-likeness (QED) is 0.825. The van der Waals surface area contributed by atoms with Crippen LogP contribution in [0.25, 0.3) is 0 Å². The van der Waals surface area contributed by atoms with E-state index in [-0.39, 0.29) is 12.5 Å². The van der Waals surface area contributed by atoms with Crippen molar-refractivity contribution < 1.29 is 23.0 Å². The van der Waals surface area contributed by atoms with Crippen LogP contribution in [0.4, 0.5) is 8.78 Å². The van der Waals surface area contributed by atoms with Crippen molar-refractivity contribution in [2.24, 2.45) is 0 Å². The Balaban J connectivity index is 1.93. The summed E-state index contributed by atoms with van der Waals surface area (Å²) >= 11 is 0. The maximum atomic E-state index is 13.7. The Bertz CT molecular complexity index is 618. The molecule has 0 amide bonds. The van der Waals surface area contributed by atoms with E-state index in [0.29, 0.717) is 17.1 Å². The Morgan fingerprint density at radius 3 is 2.42 bits per heavy atom. The molecule has 3 rings (SSSR count). The van der Waals surface area contributed by atoms with Crippen LogP contribution >= 0.6 is 0 Å². The lowest BCUT2D eigenvalue weighted by molar-refractivity contribution is 0.174. The third-order valence-corrected chi connectivity index (χ3v) is 2.71. The van der Waals surface area contributed by atoms with Crippen molar-refractivity contribution in [3.63, 3.8) is 0 Å². The van der Waals surface area contributed by atoms with Crippen molar-refractivity contribution in [2.45, 2.75) is 6.92 Å². The Morgan fingerprint density at radius 2 is 1.68 bits per heavy atom. The molecule has 1 aliphatic rings. The van der Waals surface area contributed by atoms with Crippen LogP contribution in [0.2, 0.25) is 0 Å². The highest BCUT2D eigenvalue weighted by atomic mass is 19.1. The lowest BCUT2D eigenvalue weighted by Gasteiger charge is -2.09. The summed E-state index contributed by atoms with van der Waals surface area (Å²) in [6.45, 7) is 1.74. The minimum atomic E-state index is -0.741. The van der Waals surface area contributed by atoms with Crippen molar-refractivity contribution in [1.29, 1.82) is 0 Å². The fourth-order valence-electron chi connectivity index (χ4n) is 1.84. The molecule has 0 N–H and O–H groups in total. The van der Waals surface area contributed by atoms with E-state index in [9.17, 15) is 8.78 Å². The summed E-state index contributed by atoms with van der Waals surface area (Å²) in [7, 11) is 0. The first kappa shape index (κ1) is 11.8. The molecular weight excluding hydrogens is 254 g/mol. The molecule has 0 bridgehead atoms. The number of halogens is 2. The molecule has 0 radical (unpaired) electrons. The van der Waals surface area contributed by atoms with Crippen LogP contribution in [0.1, 0.15) is 5.56 Å². The predicted molar refractivity (Wildman–Crippen MR) is 63.7 cm³/mol. The number of fused-ring (bicyclic) bond motifs is 1. The monoisotopic (exact) mass is 264 g/mol. The number of aryl methyl sites for hydroxylation is 1. The summed E-state index contributed by atoms with van der Waals surface area (Å²) in [5.74, 6) is -0.552. The Kier molecular flexibility index (Phi) is 2.74. The smallest absolute Gasteiger partial charge is 0.231 e. The second-order valence-electron chi connectivity index (χ2n) is 4.17. The van der Waals surface area contributed by atoms with Crippen LogP contribution in [0.15, 0.2) is 30.3 Å². The molecule has 0 atom stereocenters. The summed E-state index contributed by atoms with van der Waals surface area (Å²) in [6.07, 6.45) is 0. The van der Waals surface area contributed by atoms with Crippen molar-refractivity contribution >= 4 is 0 Å². The minimum Gasteiger partial charge on any atom is -0.454 e. The highest BCUT2D eigenvalue weighted by Crippen LogP contribution is 2.37. The number of hydrogen-bond acceptors (Lipinski definition) is 3. The first-order valence-electron chi connectivity index (χ1n) is 5.66. The van der Waals surface area contributed by atoms with E-state index in [1.54, 1.807) is 19.1 Å². The first-order chi connectivity index (χ1) is 9.13. The van der Waals surface area contributed by atoms with Crippen LogP contribution < -0.4 is 14.2 Å². The molecule has 2 aromatic rings. The van der Waals surface area contributed by atoms with Gasteiger partial charge >= 0.3 is 0 Å². The molecule has 0 aromatic heterocycles. The highest BCUT2D eigenvalue weighted by molar-refractivity contribution is 5.48. The van der Waals surface area contributed by atoms with Gasteiger partial charge < -0.3 is 14.2 Å². The number of rotatable bonds is 2. The molecule has 0 saturated carbocycles. The van der Waals surface area contributed by atoms with Gasteiger partial charge in [-0.05, 0) is 36.8 Å². The Labute approximate surface area is 108 Å². The molecule has 5 heteroatoms. The summed E-state index contributed by atoms with van der Waals surface area (Å²) in [5, 5.41) is 0. The SMILES string of the molecule is Cc1cc(F)c(Oc2ccc3c(c2)OCO3)c(F)c1.